The molecule has 0 spiro atoms. The molecule has 0 saturated carbocycles. The second kappa shape index (κ2) is 11.0. The molecular formula is C24H23F2NO3S. The Balaban J connectivity index is 1.59. The van der Waals surface area contributed by atoms with Crippen LogP contribution in [-0.2, 0) is 9.53 Å². The molecule has 3 aromatic carbocycles. The third-order valence-electron chi connectivity index (χ3n) is 4.42. The highest BCUT2D eigenvalue weighted by Crippen LogP contribution is 2.27. The van der Waals surface area contributed by atoms with Crippen LogP contribution in [0.3, 0.4) is 0 Å². The summed E-state index contributed by atoms with van der Waals surface area (Å²) in [5.41, 5.74) is 2.13. The number of aliphatic hydroxyl groups excluding tert-OH is 1. The van der Waals surface area contributed by atoms with Crippen LogP contribution in [0.25, 0.3) is 0 Å². The first-order valence-electron chi connectivity index (χ1n) is 9.72. The smallest absolute Gasteiger partial charge is 0.221 e. The topological polar surface area (TPSA) is 58.6 Å². The summed E-state index contributed by atoms with van der Waals surface area (Å²) in [4.78, 5) is 12.0. The molecule has 4 nitrogen and oxygen atoms in total. The fraction of sp³-hybridized carbons (Fsp3) is 0.208. The SMILES string of the molecule is CC(=O)Nc1ccc(SC[C@H](O)COC(c2ccc(F)cc2)c2ccc(F)cc2)cc1. The normalized spacial score (nSPS) is 12.0. The second-order valence-electron chi connectivity index (χ2n) is 6.99. The van der Waals surface area contributed by atoms with Crippen LogP contribution in [0.5, 0.6) is 0 Å². The van der Waals surface area contributed by atoms with Crippen molar-refractivity contribution in [1.29, 1.82) is 0 Å². The zero-order valence-corrected chi connectivity index (χ0v) is 17.7. The number of nitrogens with one attached hydrogen (secondary N) is 1. The number of hydrogen-bond acceptors (Lipinski definition) is 4. The van der Waals surface area contributed by atoms with E-state index in [0.717, 1.165) is 4.90 Å². The van der Waals surface area contributed by atoms with Crippen molar-refractivity contribution in [1.82, 2.24) is 0 Å². The number of halogens is 2. The third kappa shape index (κ3) is 7.17. The van der Waals surface area contributed by atoms with E-state index in [-0.39, 0.29) is 24.1 Å². The van der Waals surface area contributed by atoms with Gasteiger partial charge < -0.3 is 15.2 Å². The molecule has 162 valence electrons. The van der Waals surface area contributed by atoms with Gasteiger partial charge in [-0.15, -0.1) is 11.8 Å². The number of amides is 1. The van der Waals surface area contributed by atoms with Gasteiger partial charge in [-0.25, -0.2) is 8.78 Å². The van der Waals surface area contributed by atoms with E-state index in [1.54, 1.807) is 36.4 Å². The molecule has 1 atom stereocenters. The minimum absolute atomic E-state index is 0.0520. The lowest BCUT2D eigenvalue weighted by molar-refractivity contribution is -0.114. The molecule has 0 unspecified atom stereocenters. The molecule has 3 aromatic rings. The molecule has 31 heavy (non-hydrogen) atoms. The molecule has 1 amide bonds. The van der Waals surface area contributed by atoms with Crippen molar-refractivity contribution in [2.24, 2.45) is 0 Å². The highest BCUT2D eigenvalue weighted by Gasteiger charge is 2.17. The lowest BCUT2D eigenvalue weighted by Crippen LogP contribution is -2.20. The molecule has 2 N–H and O–H groups in total. The van der Waals surface area contributed by atoms with Crippen molar-refractivity contribution in [3.8, 4) is 0 Å². The van der Waals surface area contributed by atoms with Gasteiger partial charge in [-0.05, 0) is 59.7 Å². The van der Waals surface area contributed by atoms with Crippen LogP contribution in [0.1, 0.15) is 24.2 Å². The molecule has 0 heterocycles. The minimum atomic E-state index is -0.747. The summed E-state index contributed by atoms with van der Waals surface area (Å²) in [6, 6.07) is 19.1. The van der Waals surface area contributed by atoms with Gasteiger partial charge in [0.15, 0.2) is 0 Å². The zero-order valence-electron chi connectivity index (χ0n) is 16.9. The monoisotopic (exact) mass is 443 g/mol. The number of rotatable bonds is 9. The van der Waals surface area contributed by atoms with Gasteiger partial charge >= 0.3 is 0 Å². The van der Waals surface area contributed by atoms with Gasteiger partial charge in [-0.3, -0.25) is 4.79 Å². The number of hydrogen-bond donors (Lipinski definition) is 2. The number of ether oxygens (including phenoxy) is 1. The summed E-state index contributed by atoms with van der Waals surface area (Å²) in [5, 5.41) is 13.1. The molecule has 0 saturated heterocycles. The quantitative estimate of drug-likeness (QED) is 0.447. The van der Waals surface area contributed by atoms with E-state index in [1.807, 2.05) is 12.1 Å². The van der Waals surface area contributed by atoms with E-state index in [9.17, 15) is 18.7 Å². The molecule has 7 heteroatoms. The van der Waals surface area contributed by atoms with Crippen LogP contribution in [0.15, 0.2) is 77.7 Å². The fourth-order valence-electron chi connectivity index (χ4n) is 2.95. The Morgan fingerprint density at radius 3 is 1.94 bits per heavy atom. The van der Waals surface area contributed by atoms with Crippen molar-refractivity contribution in [2.45, 2.75) is 24.0 Å². The number of carbonyl (C=O) groups excluding carboxylic acids is 1. The number of anilines is 1. The fourth-order valence-corrected chi connectivity index (χ4v) is 3.76. The molecule has 0 aliphatic rings. The van der Waals surface area contributed by atoms with Crippen molar-refractivity contribution in [3.63, 3.8) is 0 Å². The van der Waals surface area contributed by atoms with E-state index >= 15 is 0 Å². The van der Waals surface area contributed by atoms with Crippen LogP contribution in [-0.4, -0.2) is 29.5 Å². The number of thioether (sulfide) groups is 1. The Morgan fingerprint density at radius 2 is 1.45 bits per heavy atom. The Labute approximate surface area is 184 Å². The lowest BCUT2D eigenvalue weighted by Gasteiger charge is -2.21. The Morgan fingerprint density at radius 1 is 0.935 bits per heavy atom. The summed E-state index contributed by atoms with van der Waals surface area (Å²) in [5.74, 6) is -0.450. The molecular weight excluding hydrogens is 420 g/mol. The van der Waals surface area contributed by atoms with Crippen molar-refractivity contribution in [3.05, 3.63) is 95.6 Å². The summed E-state index contributed by atoms with van der Waals surface area (Å²) in [7, 11) is 0. The number of aliphatic hydroxyl groups is 1. The molecule has 0 radical (unpaired) electrons. The lowest BCUT2D eigenvalue weighted by atomic mass is 10.0. The summed E-state index contributed by atoms with van der Waals surface area (Å²) in [6.07, 6.45) is -1.30. The van der Waals surface area contributed by atoms with Gasteiger partial charge in [0.2, 0.25) is 5.91 Å². The summed E-state index contributed by atoms with van der Waals surface area (Å²) < 4.78 is 32.6. The minimum Gasteiger partial charge on any atom is -0.390 e. The molecule has 3 rings (SSSR count). The Kier molecular flexibility index (Phi) is 8.17. The van der Waals surface area contributed by atoms with Crippen LogP contribution in [0, 0.1) is 11.6 Å². The van der Waals surface area contributed by atoms with E-state index in [0.29, 0.717) is 22.6 Å². The zero-order chi connectivity index (χ0) is 22.2. The van der Waals surface area contributed by atoms with Crippen LogP contribution < -0.4 is 5.32 Å². The first-order valence-corrected chi connectivity index (χ1v) is 10.7. The van der Waals surface area contributed by atoms with Gasteiger partial charge in [0, 0.05) is 23.3 Å². The first-order chi connectivity index (χ1) is 14.9. The van der Waals surface area contributed by atoms with Gasteiger partial charge in [0.1, 0.15) is 17.7 Å². The second-order valence-corrected chi connectivity index (χ2v) is 8.08. The van der Waals surface area contributed by atoms with Crippen LogP contribution in [0.4, 0.5) is 14.5 Å². The maximum atomic E-state index is 13.3. The Hall–Kier alpha value is -2.74. The predicted molar refractivity (Wildman–Crippen MR) is 118 cm³/mol. The van der Waals surface area contributed by atoms with Gasteiger partial charge in [-0.1, -0.05) is 24.3 Å². The number of carbonyl (C=O) groups is 1. The van der Waals surface area contributed by atoms with E-state index in [4.69, 9.17) is 4.74 Å². The molecule has 0 aliphatic heterocycles. The van der Waals surface area contributed by atoms with Gasteiger partial charge in [0.25, 0.3) is 0 Å². The standard InChI is InChI=1S/C24H23F2NO3S/c1-16(28)27-21-10-12-23(13-11-21)31-15-22(29)14-30-24(17-2-6-19(25)7-3-17)18-4-8-20(26)9-5-18/h2-13,22,24,29H,14-15H2,1H3,(H,27,28)/t22-/m1/s1. The first kappa shape index (κ1) is 22.9. The molecule has 0 aliphatic carbocycles. The van der Waals surface area contributed by atoms with E-state index in [2.05, 4.69) is 5.32 Å². The van der Waals surface area contributed by atoms with Gasteiger partial charge in [0.05, 0.1) is 12.7 Å². The highest BCUT2D eigenvalue weighted by molar-refractivity contribution is 7.99. The predicted octanol–water partition coefficient (Wildman–Crippen LogP) is 5.18. The van der Waals surface area contributed by atoms with Gasteiger partial charge in [-0.2, -0.15) is 0 Å². The maximum absolute atomic E-state index is 13.3. The van der Waals surface area contributed by atoms with E-state index in [1.165, 1.54) is 43.0 Å². The third-order valence-corrected chi connectivity index (χ3v) is 5.57. The van der Waals surface area contributed by atoms with Crippen LogP contribution >= 0.6 is 11.8 Å². The van der Waals surface area contributed by atoms with Crippen molar-refractivity contribution < 1.29 is 23.4 Å². The molecule has 0 bridgehead atoms. The summed E-state index contributed by atoms with van der Waals surface area (Å²) >= 11 is 1.46. The maximum Gasteiger partial charge on any atom is 0.221 e. The average molecular weight is 444 g/mol. The molecule has 0 aromatic heterocycles. The highest BCUT2D eigenvalue weighted by atomic mass is 32.2. The average Bonchev–Trinajstić information content (AvgIpc) is 2.75. The summed E-state index contributed by atoms with van der Waals surface area (Å²) in [6.45, 7) is 1.50. The van der Waals surface area contributed by atoms with Crippen molar-refractivity contribution in [2.75, 3.05) is 17.7 Å². The Bertz CT molecular complexity index is 934. The molecule has 0 fully saturated rings. The van der Waals surface area contributed by atoms with Crippen LogP contribution in [0.2, 0.25) is 0 Å². The van der Waals surface area contributed by atoms with E-state index < -0.39 is 12.2 Å². The number of benzene rings is 3. The van der Waals surface area contributed by atoms with Crippen molar-refractivity contribution >= 4 is 23.4 Å². The largest absolute Gasteiger partial charge is 0.390 e.